The molecule has 3 heterocycles. The van der Waals surface area contributed by atoms with Crippen LogP contribution in [0.4, 0.5) is 5.69 Å². The number of likely N-dealkylation sites (tertiary alicyclic amines) is 1. The second kappa shape index (κ2) is 7.78. The first-order valence-electron chi connectivity index (χ1n) is 10.1. The summed E-state index contributed by atoms with van der Waals surface area (Å²) < 4.78 is 2.11. The number of nitrogens with zero attached hydrogens (tertiary/aromatic N) is 4. The predicted molar refractivity (Wildman–Crippen MR) is 108 cm³/mol. The van der Waals surface area contributed by atoms with Gasteiger partial charge in [-0.15, -0.1) is 0 Å². The van der Waals surface area contributed by atoms with E-state index in [-0.39, 0.29) is 17.7 Å². The second-order valence-electron chi connectivity index (χ2n) is 8.20. The van der Waals surface area contributed by atoms with Crippen LogP contribution in [0.5, 0.6) is 0 Å². The molecule has 2 aliphatic heterocycles. The molecule has 6 nitrogen and oxygen atoms in total. The number of piperidine rings is 1. The Labute approximate surface area is 166 Å². The number of hydrogen-bond donors (Lipinski definition) is 0. The molecular formula is C22H28N4O2. The van der Waals surface area contributed by atoms with Crippen LogP contribution < -0.4 is 4.90 Å². The molecule has 2 aliphatic rings. The smallest absolute Gasteiger partial charge is 0.228 e. The summed E-state index contributed by atoms with van der Waals surface area (Å²) in [5.74, 6) is 0.548. The standard InChI is InChI=1S/C22H28N4O2/c1-16-3-4-20(11-17(16)2)26-14-19(12-21(26)27)22(28)25-8-5-18(6-9-25)13-24-10-7-23-15-24/h3-4,7,10-11,15,18-19H,5-6,8-9,12-14H2,1-2H3. The van der Waals surface area contributed by atoms with E-state index in [4.69, 9.17) is 0 Å². The quantitative estimate of drug-likeness (QED) is 0.820. The Morgan fingerprint density at radius 2 is 1.96 bits per heavy atom. The molecule has 1 atom stereocenters. The van der Waals surface area contributed by atoms with Crippen molar-refractivity contribution in [2.24, 2.45) is 11.8 Å². The summed E-state index contributed by atoms with van der Waals surface area (Å²) in [6.45, 7) is 7.14. The molecule has 0 saturated carbocycles. The van der Waals surface area contributed by atoms with Crippen LogP contribution in [0.2, 0.25) is 0 Å². The van der Waals surface area contributed by atoms with Gasteiger partial charge in [-0.1, -0.05) is 6.07 Å². The third-order valence-corrected chi connectivity index (χ3v) is 6.23. The topological polar surface area (TPSA) is 58.4 Å². The number of hydrogen-bond acceptors (Lipinski definition) is 3. The molecule has 0 bridgehead atoms. The van der Waals surface area contributed by atoms with Crippen LogP contribution in [0.25, 0.3) is 0 Å². The van der Waals surface area contributed by atoms with Crippen molar-refractivity contribution < 1.29 is 9.59 Å². The van der Waals surface area contributed by atoms with Crippen LogP contribution in [0, 0.1) is 25.7 Å². The molecular weight excluding hydrogens is 352 g/mol. The molecule has 6 heteroatoms. The summed E-state index contributed by atoms with van der Waals surface area (Å²) in [7, 11) is 0. The molecule has 0 N–H and O–H groups in total. The van der Waals surface area contributed by atoms with Gasteiger partial charge in [0.15, 0.2) is 0 Å². The van der Waals surface area contributed by atoms with Gasteiger partial charge in [0.25, 0.3) is 0 Å². The summed E-state index contributed by atoms with van der Waals surface area (Å²) in [5, 5.41) is 0. The van der Waals surface area contributed by atoms with Gasteiger partial charge in [-0.2, -0.15) is 0 Å². The predicted octanol–water partition coefficient (Wildman–Crippen LogP) is 2.79. The van der Waals surface area contributed by atoms with Crippen molar-refractivity contribution >= 4 is 17.5 Å². The van der Waals surface area contributed by atoms with E-state index in [2.05, 4.69) is 23.4 Å². The third-order valence-electron chi connectivity index (χ3n) is 6.23. The zero-order chi connectivity index (χ0) is 19.7. The van der Waals surface area contributed by atoms with Gasteiger partial charge < -0.3 is 14.4 Å². The van der Waals surface area contributed by atoms with Crippen molar-refractivity contribution in [1.82, 2.24) is 14.5 Å². The first kappa shape index (κ1) is 18.7. The van der Waals surface area contributed by atoms with Crippen molar-refractivity contribution in [2.75, 3.05) is 24.5 Å². The van der Waals surface area contributed by atoms with Crippen LogP contribution >= 0.6 is 0 Å². The molecule has 2 fully saturated rings. The third kappa shape index (κ3) is 3.81. The zero-order valence-electron chi connectivity index (χ0n) is 16.7. The van der Waals surface area contributed by atoms with E-state index < -0.39 is 0 Å². The van der Waals surface area contributed by atoms with Crippen molar-refractivity contribution in [1.29, 1.82) is 0 Å². The monoisotopic (exact) mass is 380 g/mol. The highest BCUT2D eigenvalue weighted by atomic mass is 16.2. The van der Waals surface area contributed by atoms with Crippen LogP contribution in [-0.4, -0.2) is 45.9 Å². The maximum atomic E-state index is 13.0. The molecule has 0 radical (unpaired) electrons. The lowest BCUT2D eigenvalue weighted by Gasteiger charge is -2.33. The van der Waals surface area contributed by atoms with Crippen LogP contribution in [0.1, 0.15) is 30.4 Å². The van der Waals surface area contributed by atoms with E-state index in [0.29, 0.717) is 18.9 Å². The first-order valence-corrected chi connectivity index (χ1v) is 10.1. The number of imidazole rings is 1. The van der Waals surface area contributed by atoms with Crippen molar-refractivity contribution in [3.8, 4) is 0 Å². The Hall–Kier alpha value is -2.63. The van der Waals surface area contributed by atoms with Gasteiger partial charge in [-0.05, 0) is 55.9 Å². The number of carbonyl (C=O) groups is 2. The van der Waals surface area contributed by atoms with E-state index in [1.54, 1.807) is 11.1 Å². The highest BCUT2D eigenvalue weighted by molar-refractivity contribution is 6.00. The fourth-order valence-electron chi connectivity index (χ4n) is 4.30. The molecule has 28 heavy (non-hydrogen) atoms. The maximum absolute atomic E-state index is 13.0. The lowest BCUT2D eigenvalue weighted by Crippen LogP contribution is -2.43. The molecule has 1 aromatic heterocycles. The molecule has 1 unspecified atom stereocenters. The van der Waals surface area contributed by atoms with E-state index in [0.717, 1.165) is 38.2 Å². The normalized spacial score (nSPS) is 20.8. The second-order valence-corrected chi connectivity index (χ2v) is 8.20. The lowest BCUT2D eigenvalue weighted by atomic mass is 9.95. The molecule has 1 aromatic carbocycles. The molecule has 148 valence electrons. The van der Waals surface area contributed by atoms with Gasteiger partial charge in [-0.3, -0.25) is 9.59 Å². The van der Waals surface area contributed by atoms with Crippen molar-refractivity contribution in [2.45, 2.75) is 39.7 Å². The summed E-state index contributed by atoms with van der Waals surface area (Å²) in [5.41, 5.74) is 3.28. The average Bonchev–Trinajstić information content (AvgIpc) is 3.34. The molecule has 0 spiro atoms. The van der Waals surface area contributed by atoms with Gasteiger partial charge in [0.1, 0.15) is 0 Å². The molecule has 0 aliphatic carbocycles. The SMILES string of the molecule is Cc1ccc(N2CC(C(=O)N3CCC(Cn4ccnc4)CC3)CC2=O)cc1C. The summed E-state index contributed by atoms with van der Waals surface area (Å²) in [6.07, 6.45) is 7.97. The average molecular weight is 380 g/mol. The van der Waals surface area contributed by atoms with Crippen molar-refractivity contribution in [3.63, 3.8) is 0 Å². The number of amides is 2. The molecule has 4 rings (SSSR count). The highest BCUT2D eigenvalue weighted by Crippen LogP contribution is 2.29. The number of anilines is 1. The first-order chi connectivity index (χ1) is 13.5. The van der Waals surface area contributed by atoms with Crippen LogP contribution in [0.3, 0.4) is 0 Å². The Bertz CT molecular complexity index is 853. The molecule has 2 aromatic rings. The summed E-state index contributed by atoms with van der Waals surface area (Å²) in [4.78, 5) is 33.4. The Balaban J connectivity index is 1.34. The van der Waals surface area contributed by atoms with E-state index >= 15 is 0 Å². The fraction of sp³-hybridized carbons (Fsp3) is 0.500. The maximum Gasteiger partial charge on any atom is 0.228 e. The molecule has 2 amide bonds. The van der Waals surface area contributed by atoms with E-state index in [1.165, 1.54) is 11.1 Å². The van der Waals surface area contributed by atoms with Gasteiger partial charge in [0.05, 0.1) is 12.2 Å². The summed E-state index contributed by atoms with van der Waals surface area (Å²) in [6, 6.07) is 6.06. The Morgan fingerprint density at radius 3 is 2.64 bits per heavy atom. The van der Waals surface area contributed by atoms with E-state index in [9.17, 15) is 9.59 Å². The Morgan fingerprint density at radius 1 is 1.18 bits per heavy atom. The zero-order valence-corrected chi connectivity index (χ0v) is 16.7. The number of aryl methyl sites for hydroxylation is 2. The van der Waals surface area contributed by atoms with Gasteiger partial charge in [0, 0.05) is 50.7 Å². The minimum Gasteiger partial charge on any atom is -0.342 e. The Kier molecular flexibility index (Phi) is 5.20. The van der Waals surface area contributed by atoms with Gasteiger partial charge in [-0.25, -0.2) is 4.98 Å². The van der Waals surface area contributed by atoms with Gasteiger partial charge >= 0.3 is 0 Å². The number of benzene rings is 1. The lowest BCUT2D eigenvalue weighted by molar-refractivity contribution is -0.137. The van der Waals surface area contributed by atoms with Gasteiger partial charge in [0.2, 0.25) is 11.8 Å². The number of carbonyl (C=O) groups excluding carboxylic acids is 2. The number of aromatic nitrogens is 2. The minimum atomic E-state index is -0.223. The number of rotatable bonds is 4. The highest BCUT2D eigenvalue weighted by Gasteiger charge is 2.38. The molecule has 2 saturated heterocycles. The largest absolute Gasteiger partial charge is 0.342 e. The summed E-state index contributed by atoms with van der Waals surface area (Å²) >= 11 is 0. The van der Waals surface area contributed by atoms with Crippen LogP contribution in [0.15, 0.2) is 36.9 Å². The van der Waals surface area contributed by atoms with Crippen LogP contribution in [-0.2, 0) is 16.1 Å². The minimum absolute atomic E-state index is 0.0524. The van der Waals surface area contributed by atoms with E-state index in [1.807, 2.05) is 35.6 Å². The fourth-order valence-corrected chi connectivity index (χ4v) is 4.30. The van der Waals surface area contributed by atoms with Crippen molar-refractivity contribution in [3.05, 3.63) is 48.0 Å².